The van der Waals surface area contributed by atoms with E-state index < -0.39 is 4.92 Å². The third-order valence-electron chi connectivity index (χ3n) is 4.38. The van der Waals surface area contributed by atoms with Gasteiger partial charge in [0.05, 0.1) is 6.54 Å². The van der Waals surface area contributed by atoms with E-state index in [1.165, 1.54) is 6.20 Å². The number of benzene rings is 1. The molecule has 0 aliphatic carbocycles. The predicted octanol–water partition coefficient (Wildman–Crippen LogP) is 2.09. The SMILES string of the molecule is O=[N+]([O-])c1cn2c(n1)OCCN(c1ccnc(NCc3ccccc3)n1)CC2. The number of hydrogen-bond donors (Lipinski definition) is 1. The second-order valence-corrected chi connectivity index (χ2v) is 6.25. The van der Waals surface area contributed by atoms with Gasteiger partial charge in [-0.15, -0.1) is 0 Å². The normalized spacial score (nSPS) is 13.8. The Morgan fingerprint density at radius 1 is 1.14 bits per heavy atom. The summed E-state index contributed by atoms with van der Waals surface area (Å²) in [5.41, 5.74) is 1.14. The number of fused-ring (bicyclic) bond motifs is 1. The number of ether oxygens (including phenoxy) is 1. The second-order valence-electron chi connectivity index (χ2n) is 6.25. The maximum atomic E-state index is 10.9. The van der Waals surface area contributed by atoms with Gasteiger partial charge in [-0.25, -0.2) is 4.98 Å². The zero-order valence-corrected chi connectivity index (χ0v) is 15.1. The molecule has 28 heavy (non-hydrogen) atoms. The largest absolute Gasteiger partial charge is 0.444 e. The fraction of sp³-hybridized carbons (Fsp3) is 0.278. The first-order valence-electron chi connectivity index (χ1n) is 8.89. The van der Waals surface area contributed by atoms with E-state index in [4.69, 9.17) is 4.74 Å². The molecule has 1 aromatic carbocycles. The molecular weight excluding hydrogens is 362 g/mol. The zero-order valence-electron chi connectivity index (χ0n) is 15.1. The Kier molecular flexibility index (Phi) is 5.00. The topological polar surface area (TPSA) is 111 Å². The van der Waals surface area contributed by atoms with Gasteiger partial charge < -0.3 is 25.1 Å². The Hall–Kier alpha value is -3.69. The van der Waals surface area contributed by atoms with Crippen molar-refractivity contribution < 1.29 is 9.66 Å². The van der Waals surface area contributed by atoms with Crippen LogP contribution in [0, 0.1) is 10.1 Å². The van der Waals surface area contributed by atoms with Crippen LogP contribution >= 0.6 is 0 Å². The Morgan fingerprint density at radius 3 is 2.82 bits per heavy atom. The summed E-state index contributed by atoms with van der Waals surface area (Å²) in [5.74, 6) is 1.10. The average molecular weight is 381 g/mol. The standard InChI is InChI=1S/C18H19N7O3/c26-25(27)16-13-24-9-8-23(10-11-28-18(24)22-16)15-6-7-19-17(21-15)20-12-14-4-2-1-3-5-14/h1-7,13H,8-12H2,(H,19,20,21). The fourth-order valence-electron chi connectivity index (χ4n) is 2.95. The minimum absolute atomic E-state index is 0.210. The molecule has 0 bridgehead atoms. The van der Waals surface area contributed by atoms with Gasteiger partial charge >= 0.3 is 11.8 Å². The van der Waals surface area contributed by atoms with Crippen LogP contribution in [0.2, 0.25) is 0 Å². The number of hydrogen-bond acceptors (Lipinski definition) is 8. The molecule has 0 atom stereocenters. The van der Waals surface area contributed by atoms with Gasteiger partial charge in [0.2, 0.25) is 5.95 Å². The summed E-state index contributed by atoms with van der Waals surface area (Å²) >= 11 is 0. The van der Waals surface area contributed by atoms with Gasteiger partial charge in [-0.3, -0.25) is 4.57 Å². The molecule has 0 spiro atoms. The number of nitro groups is 1. The number of nitrogens with zero attached hydrogens (tertiary/aromatic N) is 6. The molecule has 144 valence electrons. The zero-order chi connectivity index (χ0) is 19.3. The predicted molar refractivity (Wildman–Crippen MR) is 102 cm³/mol. The lowest BCUT2D eigenvalue weighted by atomic mass is 10.2. The summed E-state index contributed by atoms with van der Waals surface area (Å²) in [6.07, 6.45) is 3.11. The fourth-order valence-corrected chi connectivity index (χ4v) is 2.95. The van der Waals surface area contributed by atoms with Gasteiger partial charge in [-0.1, -0.05) is 30.3 Å². The van der Waals surface area contributed by atoms with Crippen LogP contribution < -0.4 is 15.0 Å². The number of aromatic nitrogens is 4. The summed E-state index contributed by atoms with van der Waals surface area (Å²) in [7, 11) is 0. The first-order valence-corrected chi connectivity index (χ1v) is 8.89. The molecule has 0 fully saturated rings. The molecule has 4 rings (SSSR count). The minimum Gasteiger partial charge on any atom is -0.444 e. The highest BCUT2D eigenvalue weighted by molar-refractivity contribution is 5.43. The Bertz CT molecular complexity index is 961. The van der Waals surface area contributed by atoms with E-state index in [2.05, 4.69) is 25.2 Å². The van der Waals surface area contributed by atoms with Crippen LogP contribution in [-0.4, -0.2) is 44.1 Å². The molecule has 2 aromatic heterocycles. The van der Waals surface area contributed by atoms with E-state index >= 15 is 0 Å². The van der Waals surface area contributed by atoms with Crippen LogP contribution in [0.3, 0.4) is 0 Å². The van der Waals surface area contributed by atoms with E-state index in [9.17, 15) is 10.1 Å². The Labute approximate surface area is 161 Å². The maximum Gasteiger partial charge on any atom is 0.414 e. The lowest BCUT2D eigenvalue weighted by molar-refractivity contribution is -0.389. The van der Waals surface area contributed by atoms with Gasteiger partial charge in [0.15, 0.2) is 0 Å². The third kappa shape index (κ3) is 4.00. The van der Waals surface area contributed by atoms with Crippen molar-refractivity contribution >= 4 is 17.6 Å². The molecule has 1 aliphatic rings. The molecule has 0 unspecified atom stereocenters. The van der Waals surface area contributed by atoms with Crippen molar-refractivity contribution in [2.45, 2.75) is 13.1 Å². The van der Waals surface area contributed by atoms with E-state index in [1.54, 1.807) is 10.8 Å². The molecule has 3 aromatic rings. The van der Waals surface area contributed by atoms with E-state index in [0.717, 1.165) is 11.4 Å². The van der Waals surface area contributed by atoms with E-state index in [-0.39, 0.29) is 11.8 Å². The molecule has 1 aliphatic heterocycles. The van der Waals surface area contributed by atoms with Crippen molar-refractivity contribution in [2.24, 2.45) is 0 Å². The molecule has 0 saturated heterocycles. The van der Waals surface area contributed by atoms with E-state index in [0.29, 0.717) is 38.7 Å². The van der Waals surface area contributed by atoms with Crippen LogP contribution in [0.4, 0.5) is 17.6 Å². The number of nitrogens with one attached hydrogen (secondary N) is 1. The average Bonchev–Trinajstić information content (AvgIpc) is 3.10. The molecule has 10 heteroatoms. The van der Waals surface area contributed by atoms with Crippen LogP contribution in [0.15, 0.2) is 48.8 Å². The van der Waals surface area contributed by atoms with Crippen LogP contribution in [0.1, 0.15) is 5.56 Å². The van der Waals surface area contributed by atoms with Crippen molar-refractivity contribution in [1.29, 1.82) is 0 Å². The summed E-state index contributed by atoms with van der Waals surface area (Å²) in [4.78, 5) is 25.2. The van der Waals surface area contributed by atoms with E-state index in [1.807, 2.05) is 36.4 Å². The summed E-state index contributed by atoms with van der Waals surface area (Å²) in [5, 5.41) is 14.1. The van der Waals surface area contributed by atoms with Gasteiger partial charge in [-0.05, 0) is 16.6 Å². The maximum absolute atomic E-state index is 10.9. The van der Waals surface area contributed by atoms with Crippen molar-refractivity contribution in [3.8, 4) is 6.01 Å². The highest BCUT2D eigenvalue weighted by Gasteiger charge is 2.23. The number of anilines is 2. The number of imidazole rings is 1. The molecule has 1 N–H and O–H groups in total. The first kappa shape index (κ1) is 17.7. The van der Waals surface area contributed by atoms with Crippen molar-refractivity contribution in [3.63, 3.8) is 0 Å². The lowest BCUT2D eigenvalue weighted by Crippen LogP contribution is -2.34. The van der Waals surface area contributed by atoms with Crippen molar-refractivity contribution in [3.05, 3.63) is 64.5 Å². The monoisotopic (exact) mass is 381 g/mol. The third-order valence-corrected chi connectivity index (χ3v) is 4.38. The first-order chi connectivity index (χ1) is 13.7. The second kappa shape index (κ2) is 7.91. The summed E-state index contributed by atoms with van der Waals surface area (Å²) < 4.78 is 7.25. The molecular formula is C18H19N7O3. The number of rotatable bonds is 5. The summed E-state index contributed by atoms with van der Waals surface area (Å²) in [6.45, 7) is 2.71. The smallest absolute Gasteiger partial charge is 0.414 e. The van der Waals surface area contributed by atoms with Gasteiger partial charge in [-0.2, -0.15) is 4.98 Å². The van der Waals surface area contributed by atoms with Gasteiger partial charge in [0.25, 0.3) is 0 Å². The highest BCUT2D eigenvalue weighted by atomic mass is 16.6. The molecule has 10 nitrogen and oxygen atoms in total. The summed E-state index contributed by atoms with van der Waals surface area (Å²) in [6, 6.07) is 12.1. The highest BCUT2D eigenvalue weighted by Crippen LogP contribution is 2.20. The van der Waals surface area contributed by atoms with Crippen molar-refractivity contribution in [2.75, 3.05) is 29.9 Å². The van der Waals surface area contributed by atoms with Crippen LogP contribution in [0.5, 0.6) is 6.01 Å². The Balaban J connectivity index is 1.44. The quantitative estimate of drug-likeness (QED) is 0.528. The molecule has 0 radical (unpaired) electrons. The van der Waals surface area contributed by atoms with Gasteiger partial charge in [0.1, 0.15) is 18.6 Å². The molecule has 3 heterocycles. The van der Waals surface area contributed by atoms with Crippen LogP contribution in [0.25, 0.3) is 0 Å². The van der Waals surface area contributed by atoms with Gasteiger partial charge in [0, 0.05) is 30.8 Å². The molecule has 0 amide bonds. The lowest BCUT2D eigenvalue weighted by Gasteiger charge is -2.25. The Morgan fingerprint density at radius 2 is 2.00 bits per heavy atom. The van der Waals surface area contributed by atoms with Crippen molar-refractivity contribution in [1.82, 2.24) is 19.5 Å². The van der Waals surface area contributed by atoms with Crippen LogP contribution in [-0.2, 0) is 13.1 Å². The minimum atomic E-state index is -0.520. The molecule has 0 saturated carbocycles.